The average molecular weight is 381 g/mol. The van der Waals surface area contributed by atoms with Gasteiger partial charge in [0.15, 0.2) is 0 Å². The van der Waals surface area contributed by atoms with Gasteiger partial charge in [0.2, 0.25) is 0 Å². The van der Waals surface area contributed by atoms with Crippen molar-refractivity contribution in [3.63, 3.8) is 0 Å². The largest absolute Gasteiger partial charge is 0.508 e. The second-order valence-electron chi connectivity index (χ2n) is 5.48. The van der Waals surface area contributed by atoms with Crippen molar-refractivity contribution < 1.29 is 27.8 Å². The summed E-state index contributed by atoms with van der Waals surface area (Å²) in [5.41, 5.74) is 1.92. The first-order chi connectivity index (χ1) is 11.8. The Balaban J connectivity index is 2.33. The fourth-order valence-corrected chi connectivity index (χ4v) is 2.32. The Bertz CT molecular complexity index is 546. The number of allylic oxidation sites excluding steroid dienone is 1. The number of halogens is 4. The Kier molecular flexibility index (Phi) is 9.14. The van der Waals surface area contributed by atoms with Crippen molar-refractivity contribution >= 4 is 11.6 Å². The molecule has 0 spiro atoms. The van der Waals surface area contributed by atoms with E-state index < -0.39 is 11.2 Å². The minimum absolute atomic E-state index is 0.170. The summed E-state index contributed by atoms with van der Waals surface area (Å²) in [7, 11) is 0. The smallest absolute Gasteiger partial charge is 0.426 e. The van der Waals surface area contributed by atoms with Crippen molar-refractivity contribution in [2.45, 2.75) is 45.7 Å². The molecule has 0 aliphatic rings. The molecule has 0 aromatic heterocycles. The molecule has 3 nitrogen and oxygen atoms in total. The van der Waals surface area contributed by atoms with Crippen LogP contribution in [-0.2, 0) is 17.6 Å². The highest BCUT2D eigenvalue weighted by Gasteiger charge is 2.31. The quantitative estimate of drug-likeness (QED) is 0.554. The molecule has 0 fully saturated rings. The second kappa shape index (κ2) is 10.6. The highest BCUT2D eigenvalue weighted by molar-refractivity contribution is 6.30. The summed E-state index contributed by atoms with van der Waals surface area (Å²) < 4.78 is 47.4. The maximum atomic E-state index is 12.1. The van der Waals surface area contributed by atoms with Gasteiger partial charge in [-0.15, -0.1) is 0 Å². The first-order valence-corrected chi connectivity index (χ1v) is 8.65. The molecular formula is C18H24ClF3O3. The maximum Gasteiger partial charge on any atom is 0.426 e. The van der Waals surface area contributed by atoms with Gasteiger partial charge in [0.1, 0.15) is 16.5 Å². The Morgan fingerprint density at radius 2 is 1.68 bits per heavy atom. The summed E-state index contributed by atoms with van der Waals surface area (Å²) >= 11 is 5.07. The molecule has 25 heavy (non-hydrogen) atoms. The van der Waals surface area contributed by atoms with E-state index in [0.29, 0.717) is 26.1 Å². The summed E-state index contributed by atoms with van der Waals surface area (Å²) in [6.45, 7) is 4.63. The van der Waals surface area contributed by atoms with Gasteiger partial charge in [-0.2, -0.15) is 13.2 Å². The summed E-state index contributed by atoms with van der Waals surface area (Å²) in [4.78, 5) is 0. The molecular weight excluding hydrogens is 357 g/mol. The minimum Gasteiger partial charge on any atom is -0.508 e. The van der Waals surface area contributed by atoms with E-state index in [2.05, 4.69) is 0 Å². The van der Waals surface area contributed by atoms with Crippen LogP contribution in [0.3, 0.4) is 0 Å². The van der Waals surface area contributed by atoms with E-state index in [0.717, 1.165) is 35.8 Å². The van der Waals surface area contributed by atoms with E-state index in [1.165, 1.54) is 0 Å². The van der Waals surface area contributed by atoms with Gasteiger partial charge in [0.05, 0.1) is 13.2 Å². The number of ether oxygens (including phenoxy) is 2. The lowest BCUT2D eigenvalue weighted by Crippen LogP contribution is -2.08. The number of phenolic OH excluding ortho intramolecular Hbond substituents is 1. The summed E-state index contributed by atoms with van der Waals surface area (Å²) in [6, 6.07) is 3.41. The molecule has 7 heteroatoms. The van der Waals surface area contributed by atoms with Crippen molar-refractivity contribution in [1.29, 1.82) is 0 Å². The third-order valence-corrected chi connectivity index (χ3v) is 3.94. The molecule has 0 radical (unpaired) electrons. The van der Waals surface area contributed by atoms with Crippen LogP contribution in [0, 0.1) is 0 Å². The molecule has 1 aromatic carbocycles. The van der Waals surface area contributed by atoms with Crippen LogP contribution in [-0.4, -0.2) is 31.1 Å². The van der Waals surface area contributed by atoms with E-state index >= 15 is 0 Å². The van der Waals surface area contributed by atoms with Crippen molar-refractivity contribution in [3.05, 3.63) is 34.4 Å². The van der Waals surface area contributed by atoms with Crippen molar-refractivity contribution in [2.75, 3.05) is 19.8 Å². The van der Waals surface area contributed by atoms with E-state index in [1.54, 1.807) is 12.1 Å². The van der Waals surface area contributed by atoms with Gasteiger partial charge in [-0.1, -0.05) is 25.4 Å². The first kappa shape index (κ1) is 21.6. The molecule has 0 bridgehead atoms. The summed E-state index contributed by atoms with van der Waals surface area (Å²) in [5.74, 6) is 1.05. The molecule has 0 aliphatic carbocycles. The number of rotatable bonds is 10. The highest BCUT2D eigenvalue weighted by Crippen LogP contribution is 2.30. The molecule has 0 heterocycles. The van der Waals surface area contributed by atoms with Crippen LogP contribution < -0.4 is 4.74 Å². The lowest BCUT2D eigenvalue weighted by molar-refractivity contribution is -0.0850. The van der Waals surface area contributed by atoms with Crippen LogP contribution in [0.2, 0.25) is 0 Å². The monoisotopic (exact) mass is 380 g/mol. The Labute approximate surface area is 151 Å². The van der Waals surface area contributed by atoms with Gasteiger partial charge >= 0.3 is 6.18 Å². The Hall–Kier alpha value is -1.40. The van der Waals surface area contributed by atoms with Crippen LogP contribution in [0.15, 0.2) is 23.2 Å². The summed E-state index contributed by atoms with van der Waals surface area (Å²) in [5, 5.41) is 8.54. The van der Waals surface area contributed by atoms with Crippen LogP contribution >= 0.6 is 11.6 Å². The lowest BCUT2D eigenvalue weighted by atomic mass is 10.0. The number of benzene rings is 1. The van der Waals surface area contributed by atoms with Gasteiger partial charge < -0.3 is 14.6 Å². The fourth-order valence-electron chi connectivity index (χ4n) is 2.26. The molecule has 1 rings (SSSR count). The Morgan fingerprint density at radius 3 is 2.20 bits per heavy atom. The zero-order chi connectivity index (χ0) is 18.9. The number of phenols is 1. The SMILES string of the molecule is CCc1cc(O)cc(CC)c1OCCCCOC/C=C(\Cl)C(F)(F)F. The molecule has 1 aromatic rings. The van der Waals surface area contributed by atoms with Gasteiger partial charge in [0, 0.05) is 6.61 Å². The molecule has 0 saturated heterocycles. The maximum absolute atomic E-state index is 12.1. The number of aryl methyl sites for hydroxylation is 2. The van der Waals surface area contributed by atoms with E-state index in [9.17, 15) is 18.3 Å². The number of aromatic hydroxyl groups is 1. The Morgan fingerprint density at radius 1 is 1.12 bits per heavy atom. The third kappa shape index (κ3) is 7.57. The standard InChI is InChI=1S/C18H24ClF3O3/c1-3-13-11-15(23)12-14(4-2)17(13)25-9-6-5-8-24-10-7-16(19)18(20,21)22/h7,11-12,23H,3-6,8-10H2,1-2H3/b16-7-. The van der Waals surface area contributed by atoms with Crippen LogP contribution in [0.25, 0.3) is 0 Å². The lowest BCUT2D eigenvalue weighted by Gasteiger charge is -2.15. The first-order valence-electron chi connectivity index (χ1n) is 8.27. The van der Waals surface area contributed by atoms with Gasteiger partial charge in [0.25, 0.3) is 0 Å². The van der Waals surface area contributed by atoms with Crippen LogP contribution in [0.1, 0.15) is 37.8 Å². The van der Waals surface area contributed by atoms with Gasteiger partial charge in [-0.3, -0.25) is 0 Å². The molecule has 1 N–H and O–H groups in total. The normalized spacial score (nSPS) is 12.5. The summed E-state index contributed by atoms with van der Waals surface area (Å²) in [6.07, 6.45) is -0.812. The molecule has 0 amide bonds. The van der Waals surface area contributed by atoms with Crippen molar-refractivity contribution in [1.82, 2.24) is 0 Å². The average Bonchev–Trinajstić information content (AvgIpc) is 2.56. The fraction of sp³-hybridized carbons (Fsp3) is 0.556. The molecule has 0 aliphatic heterocycles. The minimum atomic E-state index is -4.52. The van der Waals surface area contributed by atoms with Gasteiger partial charge in [-0.05, 0) is 55.0 Å². The van der Waals surface area contributed by atoms with Crippen LogP contribution in [0.4, 0.5) is 13.2 Å². The topological polar surface area (TPSA) is 38.7 Å². The zero-order valence-corrected chi connectivity index (χ0v) is 15.2. The number of unbranched alkanes of at least 4 members (excludes halogenated alkanes) is 1. The van der Waals surface area contributed by atoms with E-state index in [4.69, 9.17) is 21.1 Å². The number of hydrogen-bond donors (Lipinski definition) is 1. The number of alkyl halides is 3. The molecule has 142 valence electrons. The van der Waals surface area contributed by atoms with Gasteiger partial charge in [-0.25, -0.2) is 0 Å². The highest BCUT2D eigenvalue weighted by atomic mass is 35.5. The third-order valence-electron chi connectivity index (χ3n) is 3.57. The van der Waals surface area contributed by atoms with Crippen molar-refractivity contribution in [2.24, 2.45) is 0 Å². The molecule has 0 atom stereocenters. The second-order valence-corrected chi connectivity index (χ2v) is 5.89. The van der Waals surface area contributed by atoms with Crippen LogP contribution in [0.5, 0.6) is 11.5 Å². The molecule has 0 saturated carbocycles. The number of hydrogen-bond acceptors (Lipinski definition) is 3. The zero-order valence-electron chi connectivity index (χ0n) is 14.5. The van der Waals surface area contributed by atoms with E-state index in [1.807, 2.05) is 13.8 Å². The predicted molar refractivity (Wildman–Crippen MR) is 92.4 cm³/mol. The van der Waals surface area contributed by atoms with E-state index in [-0.39, 0.29) is 12.4 Å². The predicted octanol–water partition coefficient (Wildman–Crippen LogP) is 5.38. The van der Waals surface area contributed by atoms with Crippen molar-refractivity contribution in [3.8, 4) is 11.5 Å². The molecule has 0 unspecified atom stereocenters.